The summed E-state index contributed by atoms with van der Waals surface area (Å²) in [7, 11) is 0. The molecule has 0 atom stereocenters. The average molecular weight is 342 g/mol. The van der Waals surface area contributed by atoms with Crippen LogP contribution in [0.3, 0.4) is 0 Å². The summed E-state index contributed by atoms with van der Waals surface area (Å²) in [6.07, 6.45) is 2.74. The molecule has 25 heavy (non-hydrogen) atoms. The van der Waals surface area contributed by atoms with E-state index in [1.165, 1.54) is 0 Å². The number of aromatic nitrogens is 3. The topological polar surface area (TPSA) is 75.2 Å². The second-order valence-electron chi connectivity index (χ2n) is 6.52. The van der Waals surface area contributed by atoms with Crippen molar-refractivity contribution in [3.05, 3.63) is 30.5 Å². The average Bonchev–Trinajstić information content (AvgIpc) is 2.63. The zero-order valence-corrected chi connectivity index (χ0v) is 14.9. The molecule has 1 fully saturated rings. The third kappa shape index (κ3) is 5.03. The zero-order valence-electron chi connectivity index (χ0n) is 14.9. The van der Waals surface area contributed by atoms with Crippen molar-refractivity contribution in [1.29, 1.82) is 0 Å². The molecule has 2 N–H and O–H groups in total. The Kier molecular flexibility index (Phi) is 6.00. The van der Waals surface area contributed by atoms with Gasteiger partial charge in [0.1, 0.15) is 0 Å². The van der Waals surface area contributed by atoms with Gasteiger partial charge in [0.15, 0.2) is 5.82 Å². The molecule has 1 saturated heterocycles. The van der Waals surface area contributed by atoms with Crippen molar-refractivity contribution < 1.29 is 4.74 Å². The lowest BCUT2D eigenvalue weighted by molar-refractivity contribution is 0.123. The van der Waals surface area contributed by atoms with Gasteiger partial charge in [-0.05, 0) is 24.5 Å². The van der Waals surface area contributed by atoms with Crippen molar-refractivity contribution in [2.45, 2.75) is 20.3 Å². The molecule has 0 radical (unpaired) electrons. The van der Waals surface area contributed by atoms with Gasteiger partial charge in [0.05, 0.1) is 30.8 Å². The van der Waals surface area contributed by atoms with E-state index in [9.17, 15) is 0 Å². The molecule has 3 rings (SSSR count). The minimum atomic E-state index is 0.496. The van der Waals surface area contributed by atoms with Gasteiger partial charge in [-0.25, -0.2) is 0 Å². The van der Waals surface area contributed by atoms with Crippen LogP contribution in [0.1, 0.15) is 20.3 Å². The van der Waals surface area contributed by atoms with E-state index < -0.39 is 0 Å². The molecule has 2 aromatic rings. The molecule has 0 saturated carbocycles. The predicted molar refractivity (Wildman–Crippen MR) is 101 cm³/mol. The third-order valence-corrected chi connectivity index (χ3v) is 4.09. The first-order chi connectivity index (χ1) is 12.2. The van der Waals surface area contributed by atoms with E-state index in [1.54, 1.807) is 6.20 Å². The van der Waals surface area contributed by atoms with E-state index in [-0.39, 0.29) is 0 Å². The van der Waals surface area contributed by atoms with Gasteiger partial charge in [-0.2, -0.15) is 10.1 Å². The van der Waals surface area contributed by atoms with Gasteiger partial charge >= 0.3 is 0 Å². The van der Waals surface area contributed by atoms with Crippen LogP contribution in [-0.4, -0.2) is 48.0 Å². The standard InChI is InChI=1S/C18H26N6O/c1-14(2)7-8-19-17-13-20-23-18(22-17)21-15-5-3-4-6-16(15)24-9-11-25-12-10-24/h3-6,13-14H,7-12H2,1-2H3,(H2,19,21,22,23). The molecular weight excluding hydrogens is 316 g/mol. The van der Waals surface area contributed by atoms with Gasteiger partial charge in [-0.3, -0.25) is 0 Å². The maximum Gasteiger partial charge on any atom is 0.249 e. The fraction of sp³-hybridized carbons (Fsp3) is 0.500. The number of ether oxygens (including phenoxy) is 1. The molecule has 0 aliphatic carbocycles. The van der Waals surface area contributed by atoms with Gasteiger partial charge < -0.3 is 20.3 Å². The summed E-state index contributed by atoms with van der Waals surface area (Å²) in [4.78, 5) is 6.82. The molecular formula is C18H26N6O. The van der Waals surface area contributed by atoms with Crippen LogP contribution in [-0.2, 0) is 4.74 Å². The number of hydrogen-bond donors (Lipinski definition) is 2. The first kappa shape index (κ1) is 17.4. The Balaban J connectivity index is 1.70. The van der Waals surface area contributed by atoms with E-state index in [2.05, 4.69) is 50.6 Å². The smallest absolute Gasteiger partial charge is 0.249 e. The molecule has 1 aromatic heterocycles. The molecule has 7 heteroatoms. The number of morpholine rings is 1. The SMILES string of the molecule is CC(C)CCNc1cnnc(Nc2ccccc2N2CCOCC2)n1. The molecule has 134 valence electrons. The molecule has 0 amide bonds. The molecule has 2 heterocycles. The predicted octanol–water partition coefficient (Wildman–Crippen LogP) is 2.91. The van der Waals surface area contributed by atoms with Crippen LogP contribution >= 0.6 is 0 Å². The van der Waals surface area contributed by atoms with Crippen LogP contribution in [0.15, 0.2) is 30.5 Å². The summed E-state index contributed by atoms with van der Waals surface area (Å²) in [5.74, 6) is 1.89. The summed E-state index contributed by atoms with van der Waals surface area (Å²) in [6.45, 7) is 8.55. The van der Waals surface area contributed by atoms with E-state index in [1.807, 2.05) is 18.2 Å². The Morgan fingerprint density at radius 2 is 2.00 bits per heavy atom. The zero-order chi connectivity index (χ0) is 17.5. The molecule has 0 bridgehead atoms. The van der Waals surface area contributed by atoms with Crippen LogP contribution in [0.4, 0.5) is 23.1 Å². The van der Waals surface area contributed by atoms with Crippen LogP contribution in [0.2, 0.25) is 0 Å². The van der Waals surface area contributed by atoms with Crippen LogP contribution in [0.5, 0.6) is 0 Å². The summed E-state index contributed by atoms with van der Waals surface area (Å²) < 4.78 is 5.44. The van der Waals surface area contributed by atoms with Crippen molar-refractivity contribution in [2.24, 2.45) is 5.92 Å². The Hall–Kier alpha value is -2.41. The fourth-order valence-electron chi connectivity index (χ4n) is 2.71. The van der Waals surface area contributed by atoms with Crippen LogP contribution < -0.4 is 15.5 Å². The van der Waals surface area contributed by atoms with E-state index in [0.717, 1.165) is 56.5 Å². The Morgan fingerprint density at radius 1 is 1.20 bits per heavy atom. The molecule has 7 nitrogen and oxygen atoms in total. The highest BCUT2D eigenvalue weighted by atomic mass is 16.5. The van der Waals surface area contributed by atoms with Gasteiger partial charge in [0.2, 0.25) is 5.95 Å². The normalized spacial score (nSPS) is 14.6. The first-order valence-electron chi connectivity index (χ1n) is 8.84. The maximum atomic E-state index is 5.44. The lowest BCUT2D eigenvalue weighted by Crippen LogP contribution is -2.36. The van der Waals surface area contributed by atoms with Crippen molar-refractivity contribution in [2.75, 3.05) is 48.4 Å². The van der Waals surface area contributed by atoms with E-state index >= 15 is 0 Å². The van der Waals surface area contributed by atoms with Crippen molar-refractivity contribution in [1.82, 2.24) is 15.2 Å². The molecule has 1 aliphatic rings. The molecule has 1 aromatic carbocycles. The number of rotatable bonds is 7. The minimum Gasteiger partial charge on any atom is -0.378 e. The molecule has 1 aliphatic heterocycles. The minimum absolute atomic E-state index is 0.496. The second-order valence-corrected chi connectivity index (χ2v) is 6.52. The Bertz CT molecular complexity index is 672. The van der Waals surface area contributed by atoms with Crippen molar-refractivity contribution >= 4 is 23.1 Å². The van der Waals surface area contributed by atoms with Crippen molar-refractivity contribution in [3.63, 3.8) is 0 Å². The highest BCUT2D eigenvalue weighted by Crippen LogP contribution is 2.28. The highest BCUT2D eigenvalue weighted by Gasteiger charge is 2.15. The summed E-state index contributed by atoms with van der Waals surface area (Å²) in [5.41, 5.74) is 2.11. The van der Waals surface area contributed by atoms with Crippen LogP contribution in [0.25, 0.3) is 0 Å². The lowest BCUT2D eigenvalue weighted by Gasteiger charge is -2.30. The van der Waals surface area contributed by atoms with E-state index in [4.69, 9.17) is 4.74 Å². The Labute approximate surface area is 148 Å². The highest BCUT2D eigenvalue weighted by molar-refractivity contribution is 5.73. The second kappa shape index (κ2) is 8.62. The molecule has 0 unspecified atom stereocenters. The number of hydrogen-bond acceptors (Lipinski definition) is 7. The van der Waals surface area contributed by atoms with Crippen LogP contribution in [0, 0.1) is 5.92 Å². The third-order valence-electron chi connectivity index (χ3n) is 4.09. The summed E-state index contributed by atoms with van der Waals surface area (Å²) in [5, 5.41) is 14.8. The summed E-state index contributed by atoms with van der Waals surface area (Å²) >= 11 is 0. The van der Waals surface area contributed by atoms with E-state index in [0.29, 0.717) is 11.9 Å². The van der Waals surface area contributed by atoms with Crippen molar-refractivity contribution in [3.8, 4) is 0 Å². The number of nitrogens with one attached hydrogen (secondary N) is 2. The summed E-state index contributed by atoms with van der Waals surface area (Å²) in [6, 6.07) is 8.18. The lowest BCUT2D eigenvalue weighted by atomic mass is 10.1. The first-order valence-corrected chi connectivity index (χ1v) is 8.84. The van der Waals surface area contributed by atoms with Gasteiger partial charge in [-0.1, -0.05) is 26.0 Å². The Morgan fingerprint density at radius 3 is 2.80 bits per heavy atom. The number of benzene rings is 1. The van der Waals surface area contributed by atoms with Gasteiger partial charge in [-0.15, -0.1) is 5.10 Å². The number of para-hydroxylation sites is 2. The quantitative estimate of drug-likeness (QED) is 0.801. The largest absolute Gasteiger partial charge is 0.378 e. The number of anilines is 4. The monoisotopic (exact) mass is 342 g/mol. The van der Waals surface area contributed by atoms with Gasteiger partial charge in [0, 0.05) is 19.6 Å². The fourth-order valence-corrected chi connectivity index (χ4v) is 2.71. The van der Waals surface area contributed by atoms with Gasteiger partial charge in [0.25, 0.3) is 0 Å². The molecule has 0 spiro atoms. The maximum absolute atomic E-state index is 5.44. The number of nitrogens with zero attached hydrogens (tertiary/aromatic N) is 4.